The van der Waals surface area contributed by atoms with Gasteiger partial charge < -0.3 is 9.64 Å². The summed E-state index contributed by atoms with van der Waals surface area (Å²) in [5.41, 5.74) is -0.962. The Labute approximate surface area is 132 Å². The molecule has 0 aliphatic rings. The molecule has 0 aliphatic carbocycles. The van der Waals surface area contributed by atoms with Gasteiger partial charge in [0.15, 0.2) is 6.61 Å². The summed E-state index contributed by atoms with van der Waals surface area (Å²) in [6.07, 6.45) is -4.67. The van der Waals surface area contributed by atoms with Gasteiger partial charge in [0.1, 0.15) is 0 Å². The number of amides is 1. The van der Waals surface area contributed by atoms with E-state index in [0.717, 1.165) is 17.7 Å². The second kappa shape index (κ2) is 7.80. The highest BCUT2D eigenvalue weighted by molar-refractivity contribution is 5.93. The highest BCUT2D eigenvalue weighted by Gasteiger charge is 2.35. The first-order chi connectivity index (χ1) is 10.7. The Morgan fingerprint density at radius 2 is 1.87 bits per heavy atom. The highest BCUT2D eigenvalue weighted by Crippen LogP contribution is 2.32. The van der Waals surface area contributed by atoms with Gasteiger partial charge in [0.2, 0.25) is 0 Å². The fraction of sp³-hybridized carbons (Fsp3) is 0.375. The van der Waals surface area contributed by atoms with Crippen LogP contribution in [0.15, 0.2) is 36.4 Å². The van der Waals surface area contributed by atoms with Gasteiger partial charge in [-0.25, -0.2) is 4.79 Å². The molecule has 0 saturated carbocycles. The molecule has 0 radical (unpaired) electrons. The molecule has 1 aromatic rings. The second-order valence-corrected chi connectivity index (χ2v) is 4.98. The van der Waals surface area contributed by atoms with Gasteiger partial charge in [-0.05, 0) is 26.0 Å². The highest BCUT2D eigenvalue weighted by atomic mass is 19.4. The fourth-order valence-electron chi connectivity index (χ4n) is 1.91. The number of nitrogens with zero attached hydrogens (tertiary/aromatic N) is 1. The lowest BCUT2D eigenvalue weighted by Crippen LogP contribution is -2.35. The van der Waals surface area contributed by atoms with Crippen LogP contribution in [0.4, 0.5) is 13.2 Å². The molecule has 0 fully saturated rings. The van der Waals surface area contributed by atoms with Gasteiger partial charge in [-0.15, -0.1) is 0 Å². The summed E-state index contributed by atoms with van der Waals surface area (Å²) >= 11 is 0. The van der Waals surface area contributed by atoms with E-state index in [2.05, 4.69) is 6.58 Å². The summed E-state index contributed by atoms with van der Waals surface area (Å²) in [6.45, 7) is 7.21. The molecule has 0 aliphatic heterocycles. The van der Waals surface area contributed by atoms with E-state index in [1.807, 2.05) is 0 Å². The van der Waals surface area contributed by atoms with E-state index in [1.54, 1.807) is 13.8 Å². The number of hydrogen-bond acceptors (Lipinski definition) is 3. The van der Waals surface area contributed by atoms with Crippen molar-refractivity contribution in [2.45, 2.75) is 20.0 Å². The quantitative estimate of drug-likeness (QED) is 0.594. The average molecular weight is 329 g/mol. The summed E-state index contributed by atoms with van der Waals surface area (Å²) in [4.78, 5) is 25.1. The standard InChI is InChI=1S/C16H18F3NO3/c1-4-20(9-11(2)3)14(21)10-23-15(22)12-7-5-6-8-13(12)16(17,18)19/h5-8H,2,4,9-10H2,1,3H3. The third-order valence-corrected chi connectivity index (χ3v) is 2.97. The molecule has 4 nitrogen and oxygen atoms in total. The van der Waals surface area contributed by atoms with Crippen molar-refractivity contribution in [1.82, 2.24) is 4.90 Å². The molecule has 1 aromatic carbocycles. The second-order valence-electron chi connectivity index (χ2n) is 4.98. The number of rotatable bonds is 6. The van der Waals surface area contributed by atoms with Crippen molar-refractivity contribution in [2.24, 2.45) is 0 Å². The van der Waals surface area contributed by atoms with Gasteiger partial charge in [0.25, 0.3) is 5.91 Å². The van der Waals surface area contributed by atoms with Crippen LogP contribution in [-0.4, -0.2) is 36.5 Å². The number of hydrogen-bond donors (Lipinski definition) is 0. The maximum Gasteiger partial charge on any atom is 0.417 e. The third kappa shape index (κ3) is 5.43. The number of carbonyl (C=O) groups is 2. The van der Waals surface area contributed by atoms with E-state index in [-0.39, 0.29) is 0 Å². The lowest BCUT2D eigenvalue weighted by atomic mass is 10.1. The Morgan fingerprint density at radius 1 is 1.26 bits per heavy atom. The normalized spacial score (nSPS) is 11.0. The minimum absolute atomic E-state index is 0.298. The number of esters is 1. The van der Waals surface area contributed by atoms with Crippen LogP contribution >= 0.6 is 0 Å². The molecule has 0 N–H and O–H groups in total. The van der Waals surface area contributed by atoms with Crippen molar-refractivity contribution in [3.63, 3.8) is 0 Å². The van der Waals surface area contributed by atoms with Crippen LogP contribution in [0.5, 0.6) is 0 Å². The SMILES string of the molecule is C=C(C)CN(CC)C(=O)COC(=O)c1ccccc1C(F)(F)F. The van der Waals surface area contributed by atoms with Gasteiger partial charge in [0, 0.05) is 13.1 Å². The number of alkyl halides is 3. The van der Waals surface area contributed by atoms with Crippen molar-refractivity contribution < 1.29 is 27.5 Å². The molecule has 126 valence electrons. The first-order valence-electron chi connectivity index (χ1n) is 6.92. The number of likely N-dealkylation sites (N-methyl/N-ethyl adjacent to an activating group) is 1. The zero-order valence-electron chi connectivity index (χ0n) is 12.9. The molecule has 23 heavy (non-hydrogen) atoms. The molecule has 0 unspecified atom stereocenters. The minimum Gasteiger partial charge on any atom is -0.452 e. The number of ether oxygens (including phenoxy) is 1. The smallest absolute Gasteiger partial charge is 0.417 e. The molecule has 0 bridgehead atoms. The Hall–Kier alpha value is -2.31. The van der Waals surface area contributed by atoms with Crippen LogP contribution in [0.25, 0.3) is 0 Å². The average Bonchev–Trinajstić information content (AvgIpc) is 2.48. The van der Waals surface area contributed by atoms with E-state index >= 15 is 0 Å². The molecule has 7 heteroatoms. The zero-order chi connectivity index (χ0) is 17.6. The van der Waals surface area contributed by atoms with Crippen LogP contribution < -0.4 is 0 Å². The van der Waals surface area contributed by atoms with Crippen LogP contribution in [0.1, 0.15) is 29.8 Å². The van der Waals surface area contributed by atoms with Gasteiger partial charge in [-0.2, -0.15) is 13.2 Å². The number of halogens is 3. The van der Waals surface area contributed by atoms with Gasteiger partial charge in [-0.3, -0.25) is 4.79 Å². The lowest BCUT2D eigenvalue weighted by molar-refractivity contribution is -0.138. The molecule has 0 saturated heterocycles. The molecule has 0 heterocycles. The Bertz CT molecular complexity index is 596. The maximum atomic E-state index is 12.8. The van der Waals surface area contributed by atoms with Crippen molar-refractivity contribution >= 4 is 11.9 Å². The maximum absolute atomic E-state index is 12.8. The topological polar surface area (TPSA) is 46.6 Å². The third-order valence-electron chi connectivity index (χ3n) is 2.97. The van der Waals surface area contributed by atoms with Crippen LogP contribution in [0.2, 0.25) is 0 Å². The first kappa shape index (κ1) is 18.7. The summed E-state index contributed by atoms with van der Waals surface area (Å²) in [5.74, 6) is -1.68. The largest absolute Gasteiger partial charge is 0.452 e. The van der Waals surface area contributed by atoms with Crippen molar-refractivity contribution in [3.8, 4) is 0 Å². The molecule has 0 spiro atoms. The van der Waals surface area contributed by atoms with Gasteiger partial charge >= 0.3 is 12.1 Å². The van der Waals surface area contributed by atoms with Crippen LogP contribution in [0.3, 0.4) is 0 Å². The van der Waals surface area contributed by atoms with E-state index < -0.39 is 35.8 Å². The summed E-state index contributed by atoms with van der Waals surface area (Å²) in [7, 11) is 0. The number of benzene rings is 1. The fourth-order valence-corrected chi connectivity index (χ4v) is 1.91. The molecule has 0 atom stereocenters. The lowest BCUT2D eigenvalue weighted by Gasteiger charge is -2.21. The molecule has 1 amide bonds. The van der Waals surface area contributed by atoms with Gasteiger partial charge in [-0.1, -0.05) is 24.3 Å². The first-order valence-corrected chi connectivity index (χ1v) is 6.92. The predicted octanol–water partition coefficient (Wildman–Crippen LogP) is 3.29. The van der Waals surface area contributed by atoms with E-state index in [1.165, 1.54) is 17.0 Å². The minimum atomic E-state index is -4.67. The zero-order valence-corrected chi connectivity index (χ0v) is 12.9. The Balaban J connectivity index is 2.78. The Morgan fingerprint density at radius 3 is 2.39 bits per heavy atom. The van der Waals surface area contributed by atoms with E-state index in [0.29, 0.717) is 13.1 Å². The van der Waals surface area contributed by atoms with E-state index in [9.17, 15) is 22.8 Å². The molecule has 0 aromatic heterocycles. The molecule has 1 rings (SSSR count). The van der Waals surface area contributed by atoms with Gasteiger partial charge in [0.05, 0.1) is 11.1 Å². The summed E-state index contributed by atoms with van der Waals surface area (Å²) in [5, 5.41) is 0. The Kier molecular flexibility index (Phi) is 6.36. The van der Waals surface area contributed by atoms with Crippen LogP contribution in [-0.2, 0) is 15.7 Å². The van der Waals surface area contributed by atoms with Crippen molar-refractivity contribution in [2.75, 3.05) is 19.7 Å². The van der Waals surface area contributed by atoms with Crippen LogP contribution in [0, 0.1) is 0 Å². The monoisotopic (exact) mass is 329 g/mol. The predicted molar refractivity (Wildman–Crippen MR) is 78.8 cm³/mol. The number of carbonyl (C=O) groups excluding carboxylic acids is 2. The molecular formula is C16H18F3NO3. The summed E-state index contributed by atoms with van der Waals surface area (Å²) < 4.78 is 43.3. The van der Waals surface area contributed by atoms with E-state index in [4.69, 9.17) is 4.74 Å². The molecular weight excluding hydrogens is 311 g/mol. The van der Waals surface area contributed by atoms with Crippen molar-refractivity contribution in [1.29, 1.82) is 0 Å². The summed E-state index contributed by atoms with van der Waals surface area (Å²) in [6, 6.07) is 4.28. The van der Waals surface area contributed by atoms with Crippen molar-refractivity contribution in [3.05, 3.63) is 47.5 Å².